The van der Waals surface area contributed by atoms with Crippen LogP contribution in [-0.2, 0) is 0 Å². The molecule has 15 heavy (non-hydrogen) atoms. The molecule has 5 heteroatoms. The van der Waals surface area contributed by atoms with Crippen LogP contribution in [0.2, 0.25) is 5.15 Å². The zero-order chi connectivity index (χ0) is 10.8. The van der Waals surface area contributed by atoms with Crippen molar-refractivity contribution in [2.24, 2.45) is 0 Å². The second kappa shape index (κ2) is 4.16. The van der Waals surface area contributed by atoms with E-state index in [-0.39, 0.29) is 5.82 Å². The maximum atomic E-state index is 12.8. The number of benzene rings is 1. The first kappa shape index (κ1) is 10.4. The van der Waals surface area contributed by atoms with Crippen molar-refractivity contribution in [1.29, 1.82) is 0 Å². The maximum absolute atomic E-state index is 12.8. The van der Waals surface area contributed by atoms with Gasteiger partial charge < -0.3 is 4.74 Å². The van der Waals surface area contributed by atoms with E-state index in [0.29, 0.717) is 16.1 Å². The minimum Gasteiger partial charge on any atom is -0.431 e. The third kappa shape index (κ3) is 2.46. The number of aromatic nitrogens is 1. The van der Waals surface area contributed by atoms with E-state index in [0.717, 1.165) is 5.56 Å². The van der Waals surface area contributed by atoms with E-state index in [2.05, 4.69) is 4.98 Å². The van der Waals surface area contributed by atoms with Crippen LogP contribution in [0.5, 0.6) is 10.9 Å². The fourth-order valence-corrected chi connectivity index (χ4v) is 1.91. The minimum absolute atomic E-state index is 0.281. The molecular formula is C10H7ClFNOS. The molecule has 0 atom stereocenters. The van der Waals surface area contributed by atoms with Crippen LogP contribution in [0, 0.1) is 12.7 Å². The molecule has 0 aliphatic rings. The summed E-state index contributed by atoms with van der Waals surface area (Å²) in [4.78, 5) is 3.94. The number of thiazole rings is 1. The second-order valence-electron chi connectivity index (χ2n) is 2.95. The molecule has 0 saturated carbocycles. The van der Waals surface area contributed by atoms with Crippen molar-refractivity contribution in [3.8, 4) is 10.9 Å². The molecule has 0 fully saturated rings. The van der Waals surface area contributed by atoms with E-state index in [4.69, 9.17) is 16.3 Å². The Morgan fingerprint density at radius 1 is 1.47 bits per heavy atom. The lowest BCUT2D eigenvalue weighted by Crippen LogP contribution is -1.87. The Balaban J connectivity index is 2.24. The predicted octanol–water partition coefficient (Wildman–Crippen LogP) is 4.04. The van der Waals surface area contributed by atoms with E-state index >= 15 is 0 Å². The van der Waals surface area contributed by atoms with Crippen molar-refractivity contribution < 1.29 is 9.13 Å². The van der Waals surface area contributed by atoms with Crippen LogP contribution in [0.3, 0.4) is 0 Å². The summed E-state index contributed by atoms with van der Waals surface area (Å²) in [6.07, 6.45) is 0. The smallest absolute Gasteiger partial charge is 0.280 e. The number of nitrogens with zero attached hydrogens (tertiary/aromatic N) is 1. The second-order valence-corrected chi connectivity index (χ2v) is 4.16. The number of rotatable bonds is 2. The first-order valence-corrected chi connectivity index (χ1v) is 5.46. The Labute approximate surface area is 95.3 Å². The van der Waals surface area contributed by atoms with Gasteiger partial charge in [0.05, 0.1) is 0 Å². The van der Waals surface area contributed by atoms with Crippen LogP contribution in [0.15, 0.2) is 23.6 Å². The SMILES string of the molecule is Cc1cc(F)ccc1Oc1nc(Cl)cs1. The molecule has 2 nitrogen and oxygen atoms in total. The summed E-state index contributed by atoms with van der Waals surface area (Å²) < 4.78 is 18.2. The van der Waals surface area contributed by atoms with Gasteiger partial charge >= 0.3 is 0 Å². The molecule has 0 spiro atoms. The minimum atomic E-state index is -0.281. The summed E-state index contributed by atoms with van der Waals surface area (Å²) in [6, 6.07) is 4.32. The van der Waals surface area contributed by atoms with Crippen molar-refractivity contribution in [1.82, 2.24) is 4.98 Å². The van der Waals surface area contributed by atoms with Crippen molar-refractivity contribution in [2.45, 2.75) is 6.92 Å². The Morgan fingerprint density at radius 3 is 2.87 bits per heavy atom. The average Bonchev–Trinajstić information content (AvgIpc) is 2.56. The monoisotopic (exact) mass is 243 g/mol. The molecule has 0 unspecified atom stereocenters. The highest BCUT2D eigenvalue weighted by Gasteiger charge is 2.05. The molecule has 2 aromatic rings. The molecule has 0 bridgehead atoms. The highest BCUT2D eigenvalue weighted by molar-refractivity contribution is 7.11. The quantitative estimate of drug-likeness (QED) is 0.794. The van der Waals surface area contributed by atoms with Crippen molar-refractivity contribution >= 4 is 22.9 Å². The standard InChI is InChI=1S/C10H7ClFNOS/c1-6-4-7(12)2-3-8(6)14-10-13-9(11)5-15-10/h2-5H,1H3. The maximum Gasteiger partial charge on any atom is 0.280 e. The fourth-order valence-electron chi connectivity index (χ4n) is 1.11. The molecule has 0 aliphatic carbocycles. The molecule has 0 amide bonds. The molecule has 1 aromatic heterocycles. The summed E-state index contributed by atoms with van der Waals surface area (Å²) in [5.41, 5.74) is 0.723. The summed E-state index contributed by atoms with van der Waals surface area (Å²) in [5.74, 6) is 0.305. The summed E-state index contributed by atoms with van der Waals surface area (Å²) in [7, 11) is 0. The molecule has 1 aromatic carbocycles. The van der Waals surface area contributed by atoms with Crippen LogP contribution in [-0.4, -0.2) is 4.98 Å². The Hall–Kier alpha value is -1.13. The van der Waals surface area contributed by atoms with Gasteiger partial charge in [-0.05, 0) is 30.7 Å². The third-order valence-corrected chi connectivity index (χ3v) is 2.83. The number of aryl methyl sites for hydroxylation is 1. The van der Waals surface area contributed by atoms with Gasteiger partial charge in [-0.1, -0.05) is 22.9 Å². The van der Waals surface area contributed by atoms with Crippen LogP contribution < -0.4 is 4.74 Å². The molecular weight excluding hydrogens is 237 g/mol. The zero-order valence-electron chi connectivity index (χ0n) is 7.83. The topological polar surface area (TPSA) is 22.1 Å². The van der Waals surface area contributed by atoms with Crippen molar-refractivity contribution in [2.75, 3.05) is 0 Å². The van der Waals surface area contributed by atoms with Gasteiger partial charge in [0, 0.05) is 5.38 Å². The van der Waals surface area contributed by atoms with Gasteiger partial charge in [0.15, 0.2) is 0 Å². The van der Waals surface area contributed by atoms with Gasteiger partial charge in [-0.2, -0.15) is 4.98 Å². The van der Waals surface area contributed by atoms with Crippen LogP contribution in [0.1, 0.15) is 5.56 Å². The van der Waals surface area contributed by atoms with E-state index in [1.54, 1.807) is 18.4 Å². The highest BCUT2D eigenvalue weighted by atomic mass is 35.5. The molecule has 0 radical (unpaired) electrons. The number of halogens is 2. The molecule has 2 rings (SSSR count). The Morgan fingerprint density at radius 2 is 2.27 bits per heavy atom. The fraction of sp³-hybridized carbons (Fsp3) is 0.100. The zero-order valence-corrected chi connectivity index (χ0v) is 9.40. The summed E-state index contributed by atoms with van der Waals surface area (Å²) in [5, 5.41) is 2.53. The van der Waals surface area contributed by atoms with Crippen LogP contribution >= 0.6 is 22.9 Å². The molecule has 78 valence electrons. The van der Waals surface area contributed by atoms with Gasteiger partial charge in [-0.3, -0.25) is 0 Å². The van der Waals surface area contributed by atoms with Gasteiger partial charge in [-0.15, -0.1) is 0 Å². The van der Waals surface area contributed by atoms with Crippen molar-refractivity contribution in [3.05, 3.63) is 40.1 Å². The lowest BCUT2D eigenvalue weighted by molar-refractivity contribution is 0.473. The van der Waals surface area contributed by atoms with Gasteiger partial charge in [-0.25, -0.2) is 4.39 Å². The first-order chi connectivity index (χ1) is 7.15. The predicted molar refractivity (Wildman–Crippen MR) is 58.3 cm³/mol. The number of hydrogen-bond donors (Lipinski definition) is 0. The Bertz CT molecular complexity index is 486. The molecule has 0 N–H and O–H groups in total. The number of hydrogen-bond acceptors (Lipinski definition) is 3. The third-order valence-electron chi connectivity index (χ3n) is 1.79. The Kier molecular flexibility index (Phi) is 2.88. The van der Waals surface area contributed by atoms with Crippen LogP contribution in [0.4, 0.5) is 4.39 Å². The molecule has 0 saturated heterocycles. The van der Waals surface area contributed by atoms with Gasteiger partial charge in [0.1, 0.15) is 16.7 Å². The normalized spacial score (nSPS) is 10.3. The van der Waals surface area contributed by atoms with Gasteiger partial charge in [0.2, 0.25) is 0 Å². The molecule has 1 heterocycles. The highest BCUT2D eigenvalue weighted by Crippen LogP contribution is 2.29. The average molecular weight is 244 g/mol. The van der Waals surface area contributed by atoms with E-state index in [1.165, 1.54) is 23.5 Å². The lowest BCUT2D eigenvalue weighted by Gasteiger charge is -2.04. The van der Waals surface area contributed by atoms with E-state index in [9.17, 15) is 4.39 Å². The first-order valence-electron chi connectivity index (χ1n) is 4.20. The van der Waals surface area contributed by atoms with Crippen molar-refractivity contribution in [3.63, 3.8) is 0 Å². The lowest BCUT2D eigenvalue weighted by atomic mass is 10.2. The summed E-state index contributed by atoms with van der Waals surface area (Å²) in [6.45, 7) is 1.77. The van der Waals surface area contributed by atoms with E-state index in [1.807, 2.05) is 0 Å². The molecule has 0 aliphatic heterocycles. The largest absolute Gasteiger partial charge is 0.431 e. The van der Waals surface area contributed by atoms with Gasteiger partial charge in [0.25, 0.3) is 5.19 Å². The number of ether oxygens (including phenoxy) is 1. The van der Waals surface area contributed by atoms with Crippen LogP contribution in [0.25, 0.3) is 0 Å². The van der Waals surface area contributed by atoms with E-state index < -0.39 is 0 Å². The summed E-state index contributed by atoms with van der Waals surface area (Å²) >= 11 is 6.95.